The third kappa shape index (κ3) is 3.28. The van der Waals surface area contributed by atoms with E-state index in [4.69, 9.17) is 0 Å². The first-order valence-electron chi connectivity index (χ1n) is 9.03. The predicted molar refractivity (Wildman–Crippen MR) is 92.8 cm³/mol. The normalized spacial score (nSPS) is 20.6. The maximum absolute atomic E-state index is 13.2. The van der Waals surface area contributed by atoms with Crippen LogP contribution < -0.4 is 0 Å². The smallest absolute Gasteiger partial charge is 0.257 e. The van der Waals surface area contributed by atoms with Crippen molar-refractivity contribution in [3.05, 3.63) is 58.9 Å². The van der Waals surface area contributed by atoms with Gasteiger partial charge in [0, 0.05) is 18.7 Å². The second-order valence-corrected chi connectivity index (χ2v) is 7.06. The van der Waals surface area contributed by atoms with Crippen molar-refractivity contribution in [2.45, 2.75) is 51.0 Å². The van der Waals surface area contributed by atoms with E-state index in [2.05, 4.69) is 9.97 Å². The lowest BCUT2D eigenvalue weighted by Crippen LogP contribution is -2.39. The summed E-state index contributed by atoms with van der Waals surface area (Å²) in [6, 6.07) is 6.48. The SMILES string of the molecule is Cc1nc(C2CC2)ncc1C(=O)N1CCCC[C@@H]1c1ccc(F)cc1. The predicted octanol–water partition coefficient (Wildman–Crippen LogP) is 4.17. The molecule has 1 saturated carbocycles. The first-order chi connectivity index (χ1) is 12.1. The molecule has 1 atom stereocenters. The van der Waals surface area contributed by atoms with E-state index in [0.29, 0.717) is 18.0 Å². The first-order valence-corrected chi connectivity index (χ1v) is 9.03. The van der Waals surface area contributed by atoms with Crippen LogP contribution in [0.4, 0.5) is 4.39 Å². The monoisotopic (exact) mass is 339 g/mol. The van der Waals surface area contributed by atoms with Crippen molar-refractivity contribution in [1.29, 1.82) is 0 Å². The molecule has 5 heteroatoms. The maximum atomic E-state index is 13.2. The Bertz CT molecular complexity index is 786. The van der Waals surface area contributed by atoms with Gasteiger partial charge in [-0.05, 0) is 56.7 Å². The molecule has 0 radical (unpaired) electrons. The molecule has 2 heterocycles. The van der Waals surface area contributed by atoms with Gasteiger partial charge in [-0.25, -0.2) is 14.4 Å². The third-order valence-corrected chi connectivity index (χ3v) is 5.19. The number of piperidine rings is 1. The number of hydrogen-bond donors (Lipinski definition) is 0. The van der Waals surface area contributed by atoms with Crippen LogP contribution in [-0.4, -0.2) is 27.3 Å². The van der Waals surface area contributed by atoms with Gasteiger partial charge < -0.3 is 4.90 Å². The van der Waals surface area contributed by atoms with Gasteiger partial charge in [-0.1, -0.05) is 12.1 Å². The molecule has 25 heavy (non-hydrogen) atoms. The fourth-order valence-corrected chi connectivity index (χ4v) is 3.59. The minimum atomic E-state index is -0.252. The Morgan fingerprint density at radius 3 is 2.60 bits per heavy atom. The van der Waals surface area contributed by atoms with Gasteiger partial charge in [0.1, 0.15) is 11.6 Å². The Morgan fingerprint density at radius 2 is 1.92 bits per heavy atom. The molecule has 2 aromatic rings. The largest absolute Gasteiger partial charge is 0.332 e. The number of benzene rings is 1. The van der Waals surface area contributed by atoms with E-state index < -0.39 is 0 Å². The molecule has 0 unspecified atom stereocenters. The number of halogens is 1. The fraction of sp³-hybridized carbons (Fsp3) is 0.450. The summed E-state index contributed by atoms with van der Waals surface area (Å²) in [7, 11) is 0. The van der Waals surface area contributed by atoms with Gasteiger partial charge in [-0.3, -0.25) is 4.79 Å². The van der Waals surface area contributed by atoms with Crippen molar-refractivity contribution >= 4 is 5.91 Å². The molecule has 2 fully saturated rings. The molecule has 1 saturated heterocycles. The highest BCUT2D eigenvalue weighted by molar-refractivity contribution is 5.95. The van der Waals surface area contributed by atoms with Gasteiger partial charge in [-0.2, -0.15) is 0 Å². The molecule has 1 aliphatic carbocycles. The van der Waals surface area contributed by atoms with Gasteiger partial charge in [0.2, 0.25) is 0 Å². The van der Waals surface area contributed by atoms with Crippen molar-refractivity contribution < 1.29 is 9.18 Å². The minimum absolute atomic E-state index is 0.00985. The van der Waals surface area contributed by atoms with Crippen LogP contribution in [0.5, 0.6) is 0 Å². The number of aryl methyl sites for hydroxylation is 1. The summed E-state index contributed by atoms with van der Waals surface area (Å²) < 4.78 is 13.2. The van der Waals surface area contributed by atoms with E-state index in [1.54, 1.807) is 18.3 Å². The second-order valence-electron chi connectivity index (χ2n) is 7.06. The number of rotatable bonds is 3. The van der Waals surface area contributed by atoms with Crippen molar-refractivity contribution in [1.82, 2.24) is 14.9 Å². The van der Waals surface area contributed by atoms with Crippen LogP contribution in [0.3, 0.4) is 0 Å². The van der Waals surface area contributed by atoms with Crippen molar-refractivity contribution in [2.24, 2.45) is 0 Å². The van der Waals surface area contributed by atoms with E-state index >= 15 is 0 Å². The van der Waals surface area contributed by atoms with Gasteiger partial charge in [0.05, 0.1) is 17.3 Å². The first kappa shape index (κ1) is 16.2. The van der Waals surface area contributed by atoms with E-state index in [1.807, 2.05) is 11.8 Å². The number of hydrogen-bond acceptors (Lipinski definition) is 3. The summed E-state index contributed by atoms with van der Waals surface area (Å²) in [5.74, 6) is 1.07. The summed E-state index contributed by atoms with van der Waals surface area (Å²) in [4.78, 5) is 24.0. The zero-order chi connectivity index (χ0) is 17.4. The average molecular weight is 339 g/mol. The average Bonchev–Trinajstić information content (AvgIpc) is 3.47. The third-order valence-electron chi connectivity index (χ3n) is 5.19. The van der Waals surface area contributed by atoms with Gasteiger partial charge in [0.25, 0.3) is 5.91 Å². The van der Waals surface area contributed by atoms with Crippen LogP contribution in [0.25, 0.3) is 0 Å². The second kappa shape index (κ2) is 6.54. The topological polar surface area (TPSA) is 46.1 Å². The molecule has 0 spiro atoms. The lowest BCUT2D eigenvalue weighted by Gasteiger charge is -2.36. The number of carbonyl (C=O) groups is 1. The lowest BCUT2D eigenvalue weighted by molar-refractivity contribution is 0.0609. The molecule has 1 aromatic heterocycles. The highest BCUT2D eigenvalue weighted by Gasteiger charge is 2.31. The Morgan fingerprint density at radius 1 is 1.16 bits per heavy atom. The molecular weight excluding hydrogens is 317 g/mol. The quantitative estimate of drug-likeness (QED) is 0.843. The zero-order valence-electron chi connectivity index (χ0n) is 14.4. The number of likely N-dealkylation sites (tertiary alicyclic amines) is 1. The van der Waals surface area contributed by atoms with Crippen molar-refractivity contribution in [3.63, 3.8) is 0 Å². The Balaban J connectivity index is 1.61. The summed E-state index contributed by atoms with van der Waals surface area (Å²) in [5, 5.41) is 0. The molecule has 1 amide bonds. The fourth-order valence-electron chi connectivity index (χ4n) is 3.59. The Labute approximate surface area is 147 Å². The van der Waals surface area contributed by atoms with E-state index in [1.165, 1.54) is 12.1 Å². The van der Waals surface area contributed by atoms with Gasteiger partial charge >= 0.3 is 0 Å². The molecule has 4 rings (SSSR count). The number of nitrogens with zero attached hydrogens (tertiary/aromatic N) is 3. The van der Waals surface area contributed by atoms with Gasteiger partial charge in [0.15, 0.2) is 0 Å². The van der Waals surface area contributed by atoms with E-state index in [0.717, 1.165) is 49.2 Å². The standard InChI is InChI=1S/C20H22FN3O/c1-13-17(12-22-19(23-13)15-5-6-15)20(25)24-11-3-2-4-18(24)14-7-9-16(21)10-8-14/h7-10,12,15,18H,2-6,11H2,1H3/t18-/m1/s1. The highest BCUT2D eigenvalue weighted by Crippen LogP contribution is 2.38. The molecular formula is C20H22FN3O. The molecule has 0 N–H and O–H groups in total. The minimum Gasteiger partial charge on any atom is -0.332 e. The number of carbonyl (C=O) groups excluding carboxylic acids is 1. The van der Waals surface area contributed by atoms with E-state index in [9.17, 15) is 9.18 Å². The van der Waals surface area contributed by atoms with Crippen LogP contribution in [0.2, 0.25) is 0 Å². The van der Waals surface area contributed by atoms with Crippen LogP contribution in [0.1, 0.15) is 71.5 Å². The molecule has 2 aliphatic rings. The lowest BCUT2D eigenvalue weighted by atomic mass is 9.94. The zero-order valence-corrected chi connectivity index (χ0v) is 14.4. The van der Waals surface area contributed by atoms with Crippen molar-refractivity contribution in [2.75, 3.05) is 6.54 Å². The van der Waals surface area contributed by atoms with Crippen LogP contribution in [-0.2, 0) is 0 Å². The molecule has 0 bridgehead atoms. The highest BCUT2D eigenvalue weighted by atomic mass is 19.1. The van der Waals surface area contributed by atoms with E-state index in [-0.39, 0.29) is 17.8 Å². The molecule has 1 aliphatic heterocycles. The number of amides is 1. The maximum Gasteiger partial charge on any atom is 0.257 e. The number of aromatic nitrogens is 2. The summed E-state index contributed by atoms with van der Waals surface area (Å²) in [6.07, 6.45) is 6.94. The van der Waals surface area contributed by atoms with Gasteiger partial charge in [-0.15, -0.1) is 0 Å². The van der Waals surface area contributed by atoms with Crippen molar-refractivity contribution in [3.8, 4) is 0 Å². The summed E-state index contributed by atoms with van der Waals surface area (Å²) in [6.45, 7) is 2.60. The Hall–Kier alpha value is -2.30. The van der Waals surface area contributed by atoms with Crippen LogP contribution in [0.15, 0.2) is 30.5 Å². The summed E-state index contributed by atoms with van der Waals surface area (Å²) in [5.41, 5.74) is 2.33. The molecule has 130 valence electrons. The Kier molecular flexibility index (Phi) is 4.24. The van der Waals surface area contributed by atoms with Crippen LogP contribution >= 0.6 is 0 Å². The van der Waals surface area contributed by atoms with Crippen LogP contribution in [0, 0.1) is 12.7 Å². The molecule has 4 nitrogen and oxygen atoms in total. The summed E-state index contributed by atoms with van der Waals surface area (Å²) >= 11 is 0. The molecule has 1 aromatic carbocycles.